The van der Waals surface area contributed by atoms with Crippen molar-refractivity contribution in [3.05, 3.63) is 35.9 Å². The van der Waals surface area contributed by atoms with Crippen LogP contribution in [0.3, 0.4) is 0 Å². The molecule has 2 atom stereocenters. The van der Waals surface area contributed by atoms with E-state index < -0.39 is 0 Å². The summed E-state index contributed by atoms with van der Waals surface area (Å²) < 4.78 is 0. The van der Waals surface area contributed by atoms with Gasteiger partial charge in [-0.2, -0.15) is 0 Å². The molecule has 0 fully saturated rings. The normalized spacial score (nSPS) is 14.1. The molecule has 4 nitrogen and oxygen atoms in total. The quantitative estimate of drug-likeness (QED) is 0.679. The third-order valence-corrected chi connectivity index (χ3v) is 3.33. The fraction of sp³-hybridized carbons (Fsp3) is 0.562. The van der Waals surface area contributed by atoms with E-state index in [1.54, 1.807) is 0 Å². The minimum absolute atomic E-state index is 0.0518. The highest BCUT2D eigenvalue weighted by atomic mass is 16.3. The Morgan fingerprint density at radius 2 is 1.95 bits per heavy atom. The number of aliphatic hydroxyl groups is 1. The Bertz CT molecular complexity index is 393. The molecule has 20 heavy (non-hydrogen) atoms. The molecule has 0 unspecified atom stereocenters. The van der Waals surface area contributed by atoms with E-state index in [4.69, 9.17) is 5.73 Å². The van der Waals surface area contributed by atoms with Gasteiger partial charge in [-0.1, -0.05) is 44.2 Å². The van der Waals surface area contributed by atoms with E-state index in [1.165, 1.54) is 0 Å². The smallest absolute Gasteiger partial charge is 0.220 e. The van der Waals surface area contributed by atoms with E-state index in [0.717, 1.165) is 12.0 Å². The van der Waals surface area contributed by atoms with Crippen LogP contribution in [-0.4, -0.2) is 24.2 Å². The van der Waals surface area contributed by atoms with Crippen LogP contribution in [0.15, 0.2) is 30.3 Å². The standard InChI is InChI=1S/C16H26N2O2/c1-12(2)8-13(10-17)9-16(20)18-15(11-19)14-6-4-3-5-7-14/h3-7,12-13,15,19H,8-11,17H2,1-2H3,(H,18,20)/t13-,15-/m0/s1. The second-order valence-corrected chi connectivity index (χ2v) is 5.65. The molecule has 1 aromatic carbocycles. The van der Waals surface area contributed by atoms with Crippen molar-refractivity contribution in [3.63, 3.8) is 0 Å². The van der Waals surface area contributed by atoms with E-state index in [0.29, 0.717) is 18.9 Å². The SMILES string of the molecule is CC(C)C[C@H](CN)CC(=O)N[C@@H](CO)c1ccccc1. The van der Waals surface area contributed by atoms with Crippen molar-refractivity contribution < 1.29 is 9.90 Å². The second-order valence-electron chi connectivity index (χ2n) is 5.65. The molecule has 0 radical (unpaired) electrons. The van der Waals surface area contributed by atoms with E-state index in [-0.39, 0.29) is 24.5 Å². The molecule has 1 rings (SSSR count). The fourth-order valence-corrected chi connectivity index (χ4v) is 2.36. The number of nitrogens with one attached hydrogen (secondary N) is 1. The van der Waals surface area contributed by atoms with E-state index in [1.807, 2.05) is 30.3 Å². The first-order chi connectivity index (χ1) is 9.56. The highest BCUT2D eigenvalue weighted by molar-refractivity contribution is 5.76. The summed E-state index contributed by atoms with van der Waals surface area (Å²) in [6.07, 6.45) is 1.36. The molecule has 0 spiro atoms. The molecule has 4 heteroatoms. The highest BCUT2D eigenvalue weighted by Gasteiger charge is 2.17. The number of benzene rings is 1. The molecule has 0 bridgehead atoms. The Labute approximate surface area is 121 Å². The van der Waals surface area contributed by atoms with E-state index in [9.17, 15) is 9.90 Å². The first-order valence-corrected chi connectivity index (χ1v) is 7.22. The molecular formula is C16H26N2O2. The van der Waals surface area contributed by atoms with E-state index in [2.05, 4.69) is 19.2 Å². The molecule has 0 aliphatic rings. The minimum atomic E-state index is -0.346. The van der Waals surface area contributed by atoms with Crippen molar-refractivity contribution in [1.82, 2.24) is 5.32 Å². The Balaban J connectivity index is 2.55. The monoisotopic (exact) mass is 278 g/mol. The zero-order chi connectivity index (χ0) is 15.0. The number of carbonyl (C=O) groups excluding carboxylic acids is 1. The van der Waals surface area contributed by atoms with Gasteiger partial charge in [0.2, 0.25) is 5.91 Å². The molecule has 0 saturated heterocycles. The first kappa shape index (κ1) is 16.7. The van der Waals surface area contributed by atoms with Crippen LogP contribution < -0.4 is 11.1 Å². The molecule has 1 aromatic rings. The van der Waals surface area contributed by atoms with Crippen LogP contribution in [0.25, 0.3) is 0 Å². The van der Waals surface area contributed by atoms with Crippen molar-refractivity contribution in [2.45, 2.75) is 32.7 Å². The maximum absolute atomic E-state index is 12.1. The Morgan fingerprint density at radius 3 is 2.45 bits per heavy atom. The summed E-state index contributed by atoms with van der Waals surface area (Å²) >= 11 is 0. The summed E-state index contributed by atoms with van der Waals surface area (Å²) in [7, 11) is 0. The molecule has 0 heterocycles. The summed E-state index contributed by atoms with van der Waals surface area (Å²) in [4.78, 5) is 12.1. The molecule has 0 aliphatic heterocycles. The number of rotatable bonds is 8. The predicted molar refractivity (Wildman–Crippen MR) is 81.0 cm³/mol. The fourth-order valence-electron chi connectivity index (χ4n) is 2.36. The largest absolute Gasteiger partial charge is 0.394 e. The molecule has 112 valence electrons. The minimum Gasteiger partial charge on any atom is -0.394 e. The molecular weight excluding hydrogens is 252 g/mol. The maximum atomic E-state index is 12.1. The Morgan fingerprint density at radius 1 is 1.30 bits per heavy atom. The van der Waals surface area contributed by atoms with Gasteiger partial charge in [0.25, 0.3) is 0 Å². The number of nitrogens with two attached hydrogens (primary N) is 1. The topological polar surface area (TPSA) is 75.4 Å². The third kappa shape index (κ3) is 5.72. The van der Waals surface area contributed by atoms with Crippen LogP contribution in [0.5, 0.6) is 0 Å². The number of aliphatic hydroxyl groups excluding tert-OH is 1. The van der Waals surface area contributed by atoms with Gasteiger partial charge in [-0.25, -0.2) is 0 Å². The van der Waals surface area contributed by atoms with Gasteiger partial charge in [-0.15, -0.1) is 0 Å². The number of hydrogen-bond donors (Lipinski definition) is 3. The van der Waals surface area contributed by atoms with Crippen LogP contribution in [0.4, 0.5) is 0 Å². The lowest BCUT2D eigenvalue weighted by atomic mass is 9.94. The van der Waals surface area contributed by atoms with Gasteiger partial charge in [-0.05, 0) is 30.4 Å². The van der Waals surface area contributed by atoms with Crippen LogP contribution in [0.1, 0.15) is 38.3 Å². The summed E-state index contributed by atoms with van der Waals surface area (Å²) in [6.45, 7) is 4.66. The summed E-state index contributed by atoms with van der Waals surface area (Å²) in [5.41, 5.74) is 6.63. The highest BCUT2D eigenvalue weighted by Crippen LogP contribution is 2.16. The summed E-state index contributed by atoms with van der Waals surface area (Å²) in [6, 6.07) is 9.15. The molecule has 1 amide bonds. The second kappa shape index (κ2) is 8.72. The molecule has 4 N–H and O–H groups in total. The number of hydrogen-bond acceptors (Lipinski definition) is 3. The lowest BCUT2D eigenvalue weighted by molar-refractivity contribution is -0.123. The zero-order valence-electron chi connectivity index (χ0n) is 12.4. The Kier molecular flexibility index (Phi) is 7.26. The summed E-state index contributed by atoms with van der Waals surface area (Å²) in [5.74, 6) is 0.674. The lowest BCUT2D eigenvalue weighted by Crippen LogP contribution is -2.33. The van der Waals surface area contributed by atoms with Crippen LogP contribution in [0.2, 0.25) is 0 Å². The third-order valence-electron chi connectivity index (χ3n) is 3.33. The van der Waals surface area contributed by atoms with E-state index >= 15 is 0 Å². The zero-order valence-corrected chi connectivity index (χ0v) is 12.4. The average Bonchev–Trinajstić information content (AvgIpc) is 2.44. The van der Waals surface area contributed by atoms with Crippen LogP contribution in [-0.2, 0) is 4.79 Å². The number of amides is 1. The lowest BCUT2D eigenvalue weighted by Gasteiger charge is -2.20. The first-order valence-electron chi connectivity index (χ1n) is 7.22. The number of carbonyl (C=O) groups is 1. The van der Waals surface area contributed by atoms with Gasteiger partial charge in [0.05, 0.1) is 12.6 Å². The van der Waals surface area contributed by atoms with Gasteiger partial charge in [0.15, 0.2) is 0 Å². The van der Waals surface area contributed by atoms with Crippen LogP contribution >= 0.6 is 0 Å². The van der Waals surface area contributed by atoms with Crippen molar-refractivity contribution in [2.75, 3.05) is 13.2 Å². The van der Waals surface area contributed by atoms with Crippen molar-refractivity contribution in [1.29, 1.82) is 0 Å². The van der Waals surface area contributed by atoms with Gasteiger partial charge in [0.1, 0.15) is 0 Å². The Hall–Kier alpha value is -1.39. The maximum Gasteiger partial charge on any atom is 0.220 e. The van der Waals surface area contributed by atoms with Gasteiger partial charge < -0.3 is 16.2 Å². The van der Waals surface area contributed by atoms with Crippen molar-refractivity contribution >= 4 is 5.91 Å². The van der Waals surface area contributed by atoms with Crippen molar-refractivity contribution in [2.24, 2.45) is 17.6 Å². The van der Waals surface area contributed by atoms with Gasteiger partial charge in [-0.3, -0.25) is 4.79 Å². The molecule has 0 aromatic heterocycles. The molecule has 0 aliphatic carbocycles. The van der Waals surface area contributed by atoms with Gasteiger partial charge in [0, 0.05) is 6.42 Å². The van der Waals surface area contributed by atoms with Crippen LogP contribution in [0, 0.1) is 11.8 Å². The van der Waals surface area contributed by atoms with Crippen molar-refractivity contribution in [3.8, 4) is 0 Å². The van der Waals surface area contributed by atoms with Gasteiger partial charge >= 0.3 is 0 Å². The molecule has 0 saturated carbocycles. The summed E-state index contributed by atoms with van der Waals surface area (Å²) in [5, 5.41) is 12.3. The average molecular weight is 278 g/mol. The predicted octanol–water partition coefficient (Wildman–Crippen LogP) is 1.85.